The Bertz CT molecular complexity index is 907. The summed E-state index contributed by atoms with van der Waals surface area (Å²) in [6, 6.07) is 5.16. The first-order valence-electron chi connectivity index (χ1n) is 8.57. The number of carbonyl (C=O) groups is 2. The monoisotopic (exact) mass is 343 g/mol. The van der Waals surface area contributed by atoms with Crippen LogP contribution in [0.5, 0.6) is 0 Å². The molecule has 4 rings (SSSR count). The summed E-state index contributed by atoms with van der Waals surface area (Å²) in [6.07, 6.45) is 0.596. The van der Waals surface area contributed by atoms with E-state index in [1.165, 1.54) is 4.57 Å². The average Bonchev–Trinajstić information content (AvgIpc) is 2.87. The zero-order valence-electron chi connectivity index (χ0n) is 14.1. The molecule has 0 bridgehead atoms. The molecule has 2 fully saturated rings. The maximum atomic E-state index is 12.9. The molecule has 0 radical (unpaired) electrons. The molecule has 2 aliphatic rings. The van der Waals surface area contributed by atoms with E-state index in [1.54, 1.807) is 11.6 Å². The second-order valence-electron chi connectivity index (χ2n) is 6.56. The number of anilines is 1. The van der Waals surface area contributed by atoms with Crippen LogP contribution in [0.1, 0.15) is 18.9 Å². The van der Waals surface area contributed by atoms with Crippen LogP contribution in [0.25, 0.3) is 11.0 Å². The molecule has 8 nitrogen and oxygen atoms in total. The fourth-order valence-corrected chi connectivity index (χ4v) is 3.81. The number of aryl methyl sites for hydroxylation is 1. The minimum Gasteiger partial charge on any atom is -0.367 e. The summed E-state index contributed by atoms with van der Waals surface area (Å²) in [6.45, 7) is 3.55. The van der Waals surface area contributed by atoms with Gasteiger partial charge in [-0.05, 0) is 18.6 Å². The molecule has 2 aromatic rings. The molecule has 1 aromatic heterocycles. The minimum absolute atomic E-state index is 0.230. The van der Waals surface area contributed by atoms with Gasteiger partial charge in [0.1, 0.15) is 6.04 Å². The van der Waals surface area contributed by atoms with E-state index in [4.69, 9.17) is 0 Å². The third-order valence-corrected chi connectivity index (χ3v) is 5.06. The maximum Gasteiger partial charge on any atom is 0.329 e. The highest BCUT2D eigenvalue weighted by Crippen LogP contribution is 2.29. The van der Waals surface area contributed by atoms with Gasteiger partial charge in [-0.25, -0.2) is 4.79 Å². The number of imide groups is 1. The van der Waals surface area contributed by atoms with Gasteiger partial charge in [0.25, 0.3) is 0 Å². The molecular weight excluding hydrogens is 322 g/mol. The number of piperidine rings is 1. The lowest BCUT2D eigenvalue weighted by molar-refractivity contribution is -0.135. The van der Waals surface area contributed by atoms with E-state index < -0.39 is 11.9 Å². The van der Waals surface area contributed by atoms with Gasteiger partial charge in [0.2, 0.25) is 11.8 Å². The van der Waals surface area contributed by atoms with Gasteiger partial charge >= 0.3 is 5.69 Å². The summed E-state index contributed by atoms with van der Waals surface area (Å²) in [5.74, 6) is -0.686. The van der Waals surface area contributed by atoms with Crippen molar-refractivity contribution in [1.29, 1.82) is 0 Å². The predicted molar refractivity (Wildman–Crippen MR) is 93.7 cm³/mol. The van der Waals surface area contributed by atoms with Crippen molar-refractivity contribution in [2.24, 2.45) is 7.05 Å². The molecule has 0 spiro atoms. The first-order valence-corrected chi connectivity index (χ1v) is 8.57. The van der Waals surface area contributed by atoms with E-state index in [0.29, 0.717) is 6.42 Å². The van der Waals surface area contributed by atoms with Gasteiger partial charge in [0, 0.05) is 39.6 Å². The number of nitrogens with one attached hydrogen (secondary N) is 2. The number of para-hydroxylation sites is 1. The number of hydrogen-bond donors (Lipinski definition) is 2. The molecule has 8 heteroatoms. The number of rotatable bonds is 2. The van der Waals surface area contributed by atoms with Crippen molar-refractivity contribution in [2.75, 3.05) is 31.1 Å². The normalized spacial score (nSPS) is 21.6. The predicted octanol–water partition coefficient (Wildman–Crippen LogP) is -0.273. The standard InChI is InChI=1S/C17H21N5O3/c1-20-15-11(21-9-7-18-8-10-21)3-2-4-12(15)22(17(20)25)13-5-6-14(23)19-16(13)24/h2-4,13,18H,5-10H2,1H3,(H,19,23,24)/t13-/m0/s1. The van der Waals surface area contributed by atoms with Crippen LogP contribution < -0.4 is 21.2 Å². The lowest BCUT2D eigenvalue weighted by Gasteiger charge is -2.30. The largest absolute Gasteiger partial charge is 0.367 e. The van der Waals surface area contributed by atoms with Gasteiger partial charge in [-0.2, -0.15) is 0 Å². The highest BCUT2D eigenvalue weighted by Gasteiger charge is 2.32. The van der Waals surface area contributed by atoms with Crippen molar-refractivity contribution >= 4 is 28.5 Å². The van der Waals surface area contributed by atoms with Gasteiger partial charge in [-0.3, -0.25) is 24.0 Å². The molecule has 2 aliphatic heterocycles. The number of carbonyl (C=O) groups excluding carboxylic acids is 2. The Morgan fingerprint density at radius 2 is 1.88 bits per heavy atom. The second kappa shape index (κ2) is 6.03. The summed E-state index contributed by atoms with van der Waals surface area (Å²) in [4.78, 5) is 38.8. The fraction of sp³-hybridized carbons (Fsp3) is 0.471. The van der Waals surface area contributed by atoms with Crippen LogP contribution in [0.2, 0.25) is 0 Å². The molecule has 0 aliphatic carbocycles. The van der Waals surface area contributed by atoms with Crippen LogP contribution in [-0.2, 0) is 16.6 Å². The summed E-state index contributed by atoms with van der Waals surface area (Å²) in [7, 11) is 1.73. The Kier molecular flexibility index (Phi) is 3.84. The Labute approximate surface area is 144 Å². The summed E-state index contributed by atoms with van der Waals surface area (Å²) in [5.41, 5.74) is 2.34. The average molecular weight is 343 g/mol. The second-order valence-corrected chi connectivity index (χ2v) is 6.56. The number of benzene rings is 1. The van der Waals surface area contributed by atoms with Crippen molar-refractivity contribution in [2.45, 2.75) is 18.9 Å². The van der Waals surface area contributed by atoms with E-state index in [2.05, 4.69) is 15.5 Å². The maximum absolute atomic E-state index is 12.9. The van der Waals surface area contributed by atoms with Crippen molar-refractivity contribution in [3.8, 4) is 0 Å². The smallest absolute Gasteiger partial charge is 0.329 e. The van der Waals surface area contributed by atoms with Crippen LogP contribution in [0.4, 0.5) is 5.69 Å². The van der Waals surface area contributed by atoms with Gasteiger partial charge in [-0.1, -0.05) is 6.07 Å². The quantitative estimate of drug-likeness (QED) is 0.733. The highest BCUT2D eigenvalue weighted by molar-refractivity contribution is 6.00. The molecular formula is C17H21N5O3. The van der Waals surface area contributed by atoms with Crippen LogP contribution >= 0.6 is 0 Å². The molecule has 3 heterocycles. The molecule has 0 unspecified atom stereocenters. The van der Waals surface area contributed by atoms with Gasteiger partial charge in [0.15, 0.2) is 0 Å². The number of nitrogens with zero attached hydrogens (tertiary/aromatic N) is 3. The number of hydrogen-bond acceptors (Lipinski definition) is 5. The van der Waals surface area contributed by atoms with Gasteiger partial charge < -0.3 is 10.2 Å². The molecule has 0 saturated carbocycles. The van der Waals surface area contributed by atoms with Gasteiger partial charge in [0.05, 0.1) is 16.7 Å². The minimum atomic E-state index is -0.646. The molecule has 25 heavy (non-hydrogen) atoms. The van der Waals surface area contributed by atoms with Crippen LogP contribution in [0.3, 0.4) is 0 Å². The summed E-state index contributed by atoms with van der Waals surface area (Å²) >= 11 is 0. The number of imidazole rings is 1. The van der Waals surface area contributed by atoms with Crippen molar-refractivity contribution in [3.05, 3.63) is 28.7 Å². The Morgan fingerprint density at radius 1 is 1.12 bits per heavy atom. The number of fused-ring (bicyclic) bond motifs is 1. The number of piperazine rings is 1. The first-order chi connectivity index (χ1) is 12.1. The molecule has 1 aromatic carbocycles. The summed E-state index contributed by atoms with van der Waals surface area (Å²) < 4.78 is 3.14. The fourth-order valence-electron chi connectivity index (χ4n) is 3.81. The molecule has 2 N–H and O–H groups in total. The number of aromatic nitrogens is 2. The Balaban J connectivity index is 1.86. The molecule has 2 saturated heterocycles. The third-order valence-electron chi connectivity index (χ3n) is 5.06. The Hall–Kier alpha value is -2.61. The van der Waals surface area contributed by atoms with Gasteiger partial charge in [-0.15, -0.1) is 0 Å². The van der Waals surface area contributed by atoms with Crippen molar-refractivity contribution < 1.29 is 9.59 Å². The lowest BCUT2D eigenvalue weighted by Crippen LogP contribution is -2.44. The number of amides is 2. The third kappa shape index (κ3) is 2.53. The Morgan fingerprint density at radius 3 is 2.60 bits per heavy atom. The van der Waals surface area contributed by atoms with Crippen molar-refractivity contribution in [3.63, 3.8) is 0 Å². The topological polar surface area (TPSA) is 88.4 Å². The van der Waals surface area contributed by atoms with E-state index in [9.17, 15) is 14.4 Å². The highest BCUT2D eigenvalue weighted by atomic mass is 16.2. The van der Waals surface area contributed by atoms with E-state index >= 15 is 0 Å². The summed E-state index contributed by atoms with van der Waals surface area (Å²) in [5, 5.41) is 5.67. The zero-order valence-corrected chi connectivity index (χ0v) is 14.1. The molecule has 132 valence electrons. The van der Waals surface area contributed by atoms with Crippen LogP contribution in [0, 0.1) is 0 Å². The lowest BCUT2D eigenvalue weighted by atomic mass is 10.1. The van der Waals surface area contributed by atoms with E-state index in [1.807, 2.05) is 18.2 Å². The SMILES string of the molecule is Cn1c(=O)n([C@H]2CCC(=O)NC2=O)c2cccc(N3CCNCC3)c21. The first kappa shape index (κ1) is 15.9. The molecule has 2 amide bonds. The van der Waals surface area contributed by atoms with E-state index in [-0.39, 0.29) is 18.0 Å². The van der Waals surface area contributed by atoms with Crippen molar-refractivity contribution in [1.82, 2.24) is 19.8 Å². The molecule has 1 atom stereocenters. The van der Waals surface area contributed by atoms with Crippen LogP contribution in [-0.4, -0.2) is 47.1 Å². The van der Waals surface area contributed by atoms with E-state index in [0.717, 1.165) is 42.9 Å². The zero-order chi connectivity index (χ0) is 17.6. The van der Waals surface area contributed by atoms with Crippen LogP contribution in [0.15, 0.2) is 23.0 Å².